The number of para-hydroxylation sites is 1. The highest BCUT2D eigenvalue weighted by Crippen LogP contribution is 2.15. The maximum atomic E-state index is 11.6. The summed E-state index contributed by atoms with van der Waals surface area (Å²) in [5, 5.41) is 9.48. The largest absolute Gasteiger partial charge is 0.443 e. The molecule has 0 saturated heterocycles. The van der Waals surface area contributed by atoms with Gasteiger partial charge in [-0.3, -0.25) is 0 Å². The Kier molecular flexibility index (Phi) is 2.61. The van der Waals surface area contributed by atoms with Gasteiger partial charge in [-0.25, -0.2) is 4.79 Å². The summed E-state index contributed by atoms with van der Waals surface area (Å²) in [6.07, 6.45) is -0.737. The van der Waals surface area contributed by atoms with Crippen molar-refractivity contribution >= 4 is 16.9 Å². The van der Waals surface area contributed by atoms with E-state index in [1.807, 2.05) is 30.3 Å². The van der Waals surface area contributed by atoms with Crippen molar-refractivity contribution in [1.82, 2.24) is 4.98 Å². The number of hydrogen-bond acceptors (Lipinski definition) is 3. The van der Waals surface area contributed by atoms with Crippen LogP contribution >= 0.6 is 0 Å². The predicted molar refractivity (Wildman–Crippen MR) is 58.8 cm³/mol. The minimum Gasteiger partial charge on any atom is -0.443 e. The van der Waals surface area contributed by atoms with Gasteiger partial charge < -0.3 is 9.72 Å². The number of rotatable bonds is 2. The van der Waals surface area contributed by atoms with Gasteiger partial charge in [0.1, 0.15) is 11.8 Å². The van der Waals surface area contributed by atoms with Crippen LogP contribution in [0.5, 0.6) is 0 Å². The molecule has 0 unspecified atom stereocenters. The molecule has 0 aliphatic heterocycles. The first kappa shape index (κ1) is 10.2. The average molecular weight is 214 g/mol. The van der Waals surface area contributed by atoms with E-state index in [9.17, 15) is 4.79 Å². The van der Waals surface area contributed by atoms with E-state index in [1.54, 1.807) is 6.07 Å². The Morgan fingerprint density at radius 3 is 2.94 bits per heavy atom. The minimum absolute atomic E-state index is 0.364. The fourth-order valence-electron chi connectivity index (χ4n) is 1.43. The van der Waals surface area contributed by atoms with Crippen LogP contribution in [0.3, 0.4) is 0 Å². The normalized spacial score (nSPS) is 12.0. The highest BCUT2D eigenvalue weighted by Gasteiger charge is 2.13. The third-order valence-electron chi connectivity index (χ3n) is 2.22. The second-order valence-electron chi connectivity index (χ2n) is 3.45. The number of carbonyl (C=O) groups excluding carboxylic acids is 1. The number of esters is 1. The molecule has 1 aromatic carbocycles. The van der Waals surface area contributed by atoms with E-state index in [0.717, 1.165) is 10.9 Å². The molecule has 0 radical (unpaired) electrons. The Bertz CT molecular complexity index is 533. The molecule has 0 fully saturated rings. The molecule has 0 saturated carbocycles. The summed E-state index contributed by atoms with van der Waals surface area (Å²) >= 11 is 0. The molecule has 0 aliphatic rings. The topological polar surface area (TPSA) is 65.9 Å². The number of benzene rings is 1. The van der Waals surface area contributed by atoms with Crippen LogP contribution < -0.4 is 0 Å². The fourth-order valence-corrected chi connectivity index (χ4v) is 1.43. The summed E-state index contributed by atoms with van der Waals surface area (Å²) < 4.78 is 4.88. The molecule has 1 atom stereocenters. The van der Waals surface area contributed by atoms with Gasteiger partial charge in [-0.05, 0) is 19.1 Å². The Morgan fingerprint density at radius 2 is 2.25 bits per heavy atom. The van der Waals surface area contributed by atoms with E-state index in [0.29, 0.717) is 5.69 Å². The van der Waals surface area contributed by atoms with E-state index in [4.69, 9.17) is 10.00 Å². The predicted octanol–water partition coefficient (Wildman–Crippen LogP) is 2.24. The summed E-state index contributed by atoms with van der Waals surface area (Å²) in [5.74, 6) is -0.509. The highest BCUT2D eigenvalue weighted by molar-refractivity contribution is 5.94. The zero-order valence-electron chi connectivity index (χ0n) is 8.73. The van der Waals surface area contributed by atoms with Crippen molar-refractivity contribution in [2.24, 2.45) is 0 Å². The van der Waals surface area contributed by atoms with Gasteiger partial charge in [0.2, 0.25) is 0 Å². The molecular formula is C12H10N2O2. The van der Waals surface area contributed by atoms with E-state index >= 15 is 0 Å². The van der Waals surface area contributed by atoms with Gasteiger partial charge in [-0.15, -0.1) is 0 Å². The average Bonchev–Trinajstić information content (AvgIpc) is 2.72. The summed E-state index contributed by atoms with van der Waals surface area (Å²) in [4.78, 5) is 14.5. The third kappa shape index (κ3) is 1.89. The summed E-state index contributed by atoms with van der Waals surface area (Å²) in [5.41, 5.74) is 1.24. The first-order chi connectivity index (χ1) is 7.70. The Balaban J connectivity index is 2.27. The molecule has 0 spiro atoms. The van der Waals surface area contributed by atoms with Crippen LogP contribution in [0, 0.1) is 11.3 Å². The van der Waals surface area contributed by atoms with Gasteiger partial charge in [-0.1, -0.05) is 18.2 Å². The number of nitrogens with one attached hydrogen (secondary N) is 1. The molecule has 1 N–H and O–H groups in total. The zero-order chi connectivity index (χ0) is 11.5. The summed E-state index contributed by atoms with van der Waals surface area (Å²) in [7, 11) is 0. The molecule has 1 heterocycles. The van der Waals surface area contributed by atoms with Gasteiger partial charge in [-0.2, -0.15) is 5.26 Å². The smallest absolute Gasteiger partial charge is 0.356 e. The van der Waals surface area contributed by atoms with Crippen LogP contribution in [0.2, 0.25) is 0 Å². The van der Waals surface area contributed by atoms with E-state index in [2.05, 4.69) is 4.98 Å². The number of aromatic nitrogens is 1. The van der Waals surface area contributed by atoms with Crippen LogP contribution in [0.25, 0.3) is 10.9 Å². The number of nitrogens with zero attached hydrogens (tertiary/aromatic N) is 1. The fraction of sp³-hybridized carbons (Fsp3) is 0.167. The maximum absolute atomic E-state index is 11.6. The Labute approximate surface area is 92.4 Å². The number of carbonyl (C=O) groups is 1. The molecule has 4 nitrogen and oxygen atoms in total. The van der Waals surface area contributed by atoms with Crippen molar-refractivity contribution in [2.45, 2.75) is 13.0 Å². The molecule has 16 heavy (non-hydrogen) atoms. The molecule has 4 heteroatoms. The lowest BCUT2D eigenvalue weighted by Crippen LogP contribution is -2.13. The summed E-state index contributed by atoms with van der Waals surface area (Å²) in [6.45, 7) is 1.53. The van der Waals surface area contributed by atoms with Crippen molar-refractivity contribution in [3.05, 3.63) is 36.0 Å². The standard InChI is InChI=1S/C12H10N2O2/c1-8(7-13)16-12(15)11-6-9-4-2-3-5-10(9)14-11/h2-6,8,14H,1H3/t8-/m0/s1. The van der Waals surface area contributed by atoms with Crippen molar-refractivity contribution in [2.75, 3.05) is 0 Å². The first-order valence-electron chi connectivity index (χ1n) is 4.89. The van der Waals surface area contributed by atoms with Gasteiger partial charge in [0.05, 0.1) is 0 Å². The Morgan fingerprint density at radius 1 is 1.50 bits per heavy atom. The lowest BCUT2D eigenvalue weighted by Gasteiger charge is -2.03. The number of fused-ring (bicyclic) bond motifs is 1. The number of nitriles is 1. The van der Waals surface area contributed by atoms with E-state index in [-0.39, 0.29) is 0 Å². The molecule has 0 bridgehead atoms. The zero-order valence-corrected chi connectivity index (χ0v) is 8.73. The van der Waals surface area contributed by atoms with Gasteiger partial charge in [0.25, 0.3) is 0 Å². The minimum atomic E-state index is -0.737. The molecule has 2 aromatic rings. The second-order valence-corrected chi connectivity index (χ2v) is 3.45. The van der Waals surface area contributed by atoms with Crippen LogP contribution in [0.4, 0.5) is 0 Å². The van der Waals surface area contributed by atoms with Gasteiger partial charge in [0.15, 0.2) is 6.10 Å². The van der Waals surface area contributed by atoms with Crippen LogP contribution in [0.15, 0.2) is 30.3 Å². The van der Waals surface area contributed by atoms with Crippen molar-refractivity contribution in [3.63, 3.8) is 0 Å². The van der Waals surface area contributed by atoms with E-state index in [1.165, 1.54) is 6.92 Å². The van der Waals surface area contributed by atoms with Gasteiger partial charge >= 0.3 is 5.97 Å². The van der Waals surface area contributed by atoms with Crippen LogP contribution in [-0.2, 0) is 4.74 Å². The lowest BCUT2D eigenvalue weighted by atomic mass is 10.2. The Hall–Kier alpha value is -2.28. The maximum Gasteiger partial charge on any atom is 0.356 e. The van der Waals surface area contributed by atoms with Crippen molar-refractivity contribution in [1.29, 1.82) is 5.26 Å². The quantitative estimate of drug-likeness (QED) is 0.779. The number of H-pyrrole nitrogens is 1. The molecule has 1 aromatic heterocycles. The van der Waals surface area contributed by atoms with Crippen LogP contribution in [-0.4, -0.2) is 17.1 Å². The second kappa shape index (κ2) is 4.07. The number of aromatic amines is 1. The number of hydrogen-bond donors (Lipinski definition) is 1. The lowest BCUT2D eigenvalue weighted by molar-refractivity contribution is 0.0429. The van der Waals surface area contributed by atoms with Crippen molar-refractivity contribution < 1.29 is 9.53 Å². The van der Waals surface area contributed by atoms with E-state index < -0.39 is 12.1 Å². The molecule has 80 valence electrons. The highest BCUT2D eigenvalue weighted by atomic mass is 16.5. The van der Waals surface area contributed by atoms with Gasteiger partial charge in [0, 0.05) is 10.9 Å². The molecule has 0 aliphatic carbocycles. The number of ether oxygens (including phenoxy) is 1. The molecule has 2 rings (SSSR count). The first-order valence-corrected chi connectivity index (χ1v) is 4.89. The molecule has 0 amide bonds. The SMILES string of the molecule is C[C@@H](C#N)OC(=O)c1cc2ccccc2[nH]1. The third-order valence-corrected chi connectivity index (χ3v) is 2.22. The molecular weight excluding hydrogens is 204 g/mol. The monoisotopic (exact) mass is 214 g/mol. The summed E-state index contributed by atoms with van der Waals surface area (Å²) in [6, 6.07) is 11.1. The van der Waals surface area contributed by atoms with Crippen LogP contribution in [0.1, 0.15) is 17.4 Å². The van der Waals surface area contributed by atoms with Crippen molar-refractivity contribution in [3.8, 4) is 6.07 Å².